The van der Waals surface area contributed by atoms with Crippen LogP contribution in [-0.2, 0) is 6.54 Å². The highest BCUT2D eigenvalue weighted by molar-refractivity contribution is 6.01. The van der Waals surface area contributed by atoms with E-state index in [-0.39, 0.29) is 23.6 Å². The third kappa shape index (κ3) is 4.40. The molecule has 1 aromatic heterocycles. The number of carbonyl (C=O) groups excluding carboxylic acids is 1. The first-order valence-electron chi connectivity index (χ1n) is 9.69. The fraction of sp³-hybridized carbons (Fsp3) is 0.421. The number of aromatic nitrogens is 2. The Morgan fingerprint density at radius 3 is 2.37 bits per heavy atom. The number of Topliss-reactive ketones (excluding diaryl/α,β-unsaturated/α-hetero) is 1. The Bertz CT molecular complexity index is 1050. The number of benzene rings is 1. The first-order valence-corrected chi connectivity index (χ1v) is 9.69. The van der Waals surface area contributed by atoms with E-state index in [1.165, 1.54) is 16.7 Å². The van der Waals surface area contributed by atoms with E-state index in [2.05, 4.69) is 9.88 Å². The molecule has 0 aliphatic carbocycles. The van der Waals surface area contributed by atoms with Gasteiger partial charge in [-0.15, -0.1) is 0 Å². The predicted octanol–water partition coefficient (Wildman–Crippen LogP) is 0.442. The zero-order valence-electron chi connectivity index (χ0n) is 16.7. The van der Waals surface area contributed by atoms with Crippen LogP contribution in [0, 0.1) is 10.1 Å². The molecule has 11 heteroatoms. The van der Waals surface area contributed by atoms with Gasteiger partial charge in [-0.1, -0.05) is 6.92 Å². The minimum absolute atomic E-state index is 0.0196. The molecule has 1 fully saturated rings. The van der Waals surface area contributed by atoms with E-state index in [4.69, 9.17) is 5.73 Å². The van der Waals surface area contributed by atoms with Gasteiger partial charge in [-0.05, 0) is 18.6 Å². The molecule has 160 valence electrons. The summed E-state index contributed by atoms with van der Waals surface area (Å²) in [6.45, 7) is 4.62. The second-order valence-corrected chi connectivity index (χ2v) is 7.13. The summed E-state index contributed by atoms with van der Waals surface area (Å²) in [5, 5.41) is 10.8. The summed E-state index contributed by atoms with van der Waals surface area (Å²) in [4.78, 5) is 53.3. The highest BCUT2D eigenvalue weighted by Gasteiger charge is 2.24. The number of nitrogens with zero attached hydrogens (tertiary/aromatic N) is 4. The van der Waals surface area contributed by atoms with Crippen molar-refractivity contribution >= 4 is 23.0 Å². The number of carbonyl (C=O) groups is 1. The van der Waals surface area contributed by atoms with E-state index >= 15 is 0 Å². The second-order valence-electron chi connectivity index (χ2n) is 7.13. The summed E-state index contributed by atoms with van der Waals surface area (Å²) in [5.41, 5.74) is 5.31. The van der Waals surface area contributed by atoms with Gasteiger partial charge in [-0.2, -0.15) is 0 Å². The van der Waals surface area contributed by atoms with Crippen LogP contribution in [0.25, 0.3) is 0 Å². The molecule has 0 radical (unpaired) electrons. The maximum Gasteiger partial charge on any atom is 0.329 e. The molecular formula is C19H24N6O5. The molecule has 30 heavy (non-hydrogen) atoms. The maximum atomic E-state index is 12.7. The Kier molecular flexibility index (Phi) is 6.31. The molecule has 0 amide bonds. The predicted molar refractivity (Wildman–Crippen MR) is 112 cm³/mol. The summed E-state index contributed by atoms with van der Waals surface area (Å²) >= 11 is 0. The molecule has 0 unspecified atom stereocenters. The molecule has 1 aliphatic heterocycles. The Labute approximate surface area is 171 Å². The molecule has 0 bridgehead atoms. The zero-order valence-corrected chi connectivity index (χ0v) is 16.7. The third-order valence-electron chi connectivity index (χ3n) is 5.13. The summed E-state index contributed by atoms with van der Waals surface area (Å²) in [5.74, 6) is -0.525. The number of H-pyrrole nitrogens is 1. The number of anilines is 2. The van der Waals surface area contributed by atoms with Crippen molar-refractivity contribution in [2.45, 2.75) is 19.9 Å². The molecule has 2 heterocycles. The van der Waals surface area contributed by atoms with Crippen LogP contribution >= 0.6 is 0 Å². The normalized spacial score (nSPS) is 14.6. The molecule has 1 aliphatic rings. The monoisotopic (exact) mass is 416 g/mol. The lowest BCUT2D eigenvalue weighted by molar-refractivity contribution is -0.384. The van der Waals surface area contributed by atoms with Gasteiger partial charge in [-0.3, -0.25) is 34.2 Å². The standard InChI is InChI=1S/C19H24N6O5/c1-2-7-24-17(20)16(18(27)21-19(24)28)15(26)12-22-8-10-23(11-9-22)13-3-5-14(6-4-13)25(29)30/h3-6H,2,7-12,20H2,1H3,(H,21,27,28). The quantitative estimate of drug-likeness (QED) is 0.375. The van der Waals surface area contributed by atoms with Gasteiger partial charge in [0.2, 0.25) is 0 Å². The van der Waals surface area contributed by atoms with Crippen LogP contribution in [0.4, 0.5) is 17.2 Å². The fourth-order valence-corrected chi connectivity index (χ4v) is 3.53. The van der Waals surface area contributed by atoms with Gasteiger partial charge >= 0.3 is 5.69 Å². The summed E-state index contributed by atoms with van der Waals surface area (Å²) in [6.07, 6.45) is 0.633. The molecule has 1 aromatic carbocycles. The number of piperazine rings is 1. The summed E-state index contributed by atoms with van der Waals surface area (Å²) in [6, 6.07) is 6.34. The van der Waals surface area contributed by atoms with Crippen molar-refractivity contribution in [3.8, 4) is 0 Å². The first kappa shape index (κ1) is 21.2. The smallest absolute Gasteiger partial charge is 0.329 e. The molecule has 2 aromatic rings. The van der Waals surface area contributed by atoms with Gasteiger partial charge in [0.25, 0.3) is 11.2 Å². The minimum Gasteiger partial charge on any atom is -0.384 e. The van der Waals surface area contributed by atoms with Crippen LogP contribution in [0.3, 0.4) is 0 Å². The average Bonchev–Trinajstić information content (AvgIpc) is 2.71. The van der Waals surface area contributed by atoms with Crippen LogP contribution in [0.15, 0.2) is 33.9 Å². The van der Waals surface area contributed by atoms with Gasteiger partial charge in [0, 0.05) is 50.5 Å². The van der Waals surface area contributed by atoms with Crippen molar-refractivity contribution in [2.75, 3.05) is 43.4 Å². The Morgan fingerprint density at radius 1 is 1.17 bits per heavy atom. The number of nitro benzene ring substituents is 1. The Balaban J connectivity index is 1.66. The van der Waals surface area contributed by atoms with Gasteiger partial charge in [0.15, 0.2) is 5.78 Å². The number of aromatic amines is 1. The van der Waals surface area contributed by atoms with Gasteiger partial charge in [-0.25, -0.2) is 4.79 Å². The molecule has 0 spiro atoms. The molecular weight excluding hydrogens is 392 g/mol. The largest absolute Gasteiger partial charge is 0.384 e. The SMILES string of the molecule is CCCn1c(N)c(C(=O)CN2CCN(c3ccc([N+](=O)[O-])cc3)CC2)c(=O)[nH]c1=O. The lowest BCUT2D eigenvalue weighted by Gasteiger charge is -2.35. The van der Waals surface area contributed by atoms with Crippen molar-refractivity contribution in [1.29, 1.82) is 0 Å². The summed E-state index contributed by atoms with van der Waals surface area (Å²) < 4.78 is 1.21. The zero-order chi connectivity index (χ0) is 21.8. The van der Waals surface area contributed by atoms with E-state index < -0.39 is 22.0 Å². The fourth-order valence-electron chi connectivity index (χ4n) is 3.53. The van der Waals surface area contributed by atoms with Gasteiger partial charge in [0.05, 0.1) is 11.5 Å². The topological polar surface area (TPSA) is 148 Å². The first-order chi connectivity index (χ1) is 14.3. The number of hydrogen-bond acceptors (Lipinski definition) is 8. The number of nitrogens with one attached hydrogen (secondary N) is 1. The van der Waals surface area contributed by atoms with Crippen molar-refractivity contribution in [3.05, 3.63) is 60.8 Å². The summed E-state index contributed by atoms with van der Waals surface area (Å²) in [7, 11) is 0. The molecule has 11 nitrogen and oxygen atoms in total. The number of nitrogen functional groups attached to an aromatic ring is 1. The lowest BCUT2D eigenvalue weighted by Crippen LogP contribution is -2.48. The van der Waals surface area contributed by atoms with E-state index in [1.807, 2.05) is 11.8 Å². The number of ketones is 1. The molecule has 0 atom stereocenters. The molecule has 3 rings (SSSR count). The van der Waals surface area contributed by atoms with E-state index in [9.17, 15) is 24.5 Å². The van der Waals surface area contributed by atoms with E-state index in [0.29, 0.717) is 39.1 Å². The highest BCUT2D eigenvalue weighted by Crippen LogP contribution is 2.20. The number of hydrogen-bond donors (Lipinski definition) is 2. The van der Waals surface area contributed by atoms with E-state index in [1.54, 1.807) is 12.1 Å². The van der Waals surface area contributed by atoms with E-state index in [0.717, 1.165) is 5.69 Å². The van der Waals surface area contributed by atoms with Gasteiger partial charge in [0.1, 0.15) is 11.4 Å². The number of nitro groups is 1. The van der Waals surface area contributed by atoms with Crippen LogP contribution in [0.5, 0.6) is 0 Å². The number of non-ortho nitro benzene ring substituents is 1. The third-order valence-corrected chi connectivity index (χ3v) is 5.13. The number of rotatable bonds is 7. The molecule has 3 N–H and O–H groups in total. The number of nitrogens with two attached hydrogens (primary N) is 1. The van der Waals surface area contributed by atoms with Crippen LogP contribution < -0.4 is 21.9 Å². The minimum atomic E-state index is -0.764. The Morgan fingerprint density at radius 2 is 1.80 bits per heavy atom. The molecule has 1 saturated heterocycles. The van der Waals surface area contributed by atoms with Crippen molar-refractivity contribution in [2.24, 2.45) is 0 Å². The van der Waals surface area contributed by atoms with Crippen LogP contribution in [0.2, 0.25) is 0 Å². The highest BCUT2D eigenvalue weighted by atomic mass is 16.6. The molecule has 0 saturated carbocycles. The van der Waals surface area contributed by atoms with Gasteiger partial charge < -0.3 is 10.6 Å². The van der Waals surface area contributed by atoms with Crippen LogP contribution in [-0.4, -0.2) is 57.9 Å². The lowest BCUT2D eigenvalue weighted by atomic mass is 10.1. The van der Waals surface area contributed by atoms with Crippen molar-refractivity contribution in [3.63, 3.8) is 0 Å². The van der Waals surface area contributed by atoms with Crippen molar-refractivity contribution < 1.29 is 9.72 Å². The Hall–Kier alpha value is -3.47. The van der Waals surface area contributed by atoms with Crippen LogP contribution in [0.1, 0.15) is 23.7 Å². The average molecular weight is 416 g/mol. The second kappa shape index (κ2) is 8.91. The maximum absolute atomic E-state index is 12.7. The van der Waals surface area contributed by atoms with Crippen molar-refractivity contribution in [1.82, 2.24) is 14.5 Å².